The molecule has 8 heteroatoms. The van der Waals surface area contributed by atoms with E-state index in [4.69, 9.17) is 0 Å². The number of quaternary nitrogens is 1. The van der Waals surface area contributed by atoms with Gasteiger partial charge >= 0.3 is 0 Å². The number of hydrogen-bond acceptors (Lipinski definition) is 2. The van der Waals surface area contributed by atoms with Gasteiger partial charge in [0.25, 0.3) is 11.8 Å². The topological polar surface area (TPSA) is 53.9 Å². The van der Waals surface area contributed by atoms with Gasteiger partial charge in [-0.15, -0.1) is 0 Å². The molecular weight excluding hydrogens is 359 g/mol. The molecule has 2 amide bonds. The molecule has 27 heavy (non-hydrogen) atoms. The maximum atomic E-state index is 13.7. The van der Waals surface area contributed by atoms with Gasteiger partial charge in [-0.2, -0.15) is 0 Å². The Morgan fingerprint density at radius 3 is 2.37 bits per heavy atom. The minimum Gasteiger partial charge on any atom is -0.337 e. The van der Waals surface area contributed by atoms with E-state index in [2.05, 4.69) is 19.2 Å². The molecule has 5 nitrogen and oxygen atoms in total. The first-order valence-electron chi connectivity index (χ1n) is 9.14. The van der Waals surface area contributed by atoms with E-state index < -0.39 is 35.1 Å². The Balaban J connectivity index is 1.95. The number of carbonyl (C=O) groups is 2. The normalized spacial score (nSPS) is 22.3. The minimum atomic E-state index is -1.63. The number of amides is 2. The van der Waals surface area contributed by atoms with E-state index in [0.29, 0.717) is 29.8 Å². The number of carbonyl (C=O) groups excluding carboxylic acids is 2. The van der Waals surface area contributed by atoms with Crippen LogP contribution in [0.15, 0.2) is 12.1 Å². The van der Waals surface area contributed by atoms with Crippen LogP contribution in [-0.4, -0.2) is 49.4 Å². The van der Waals surface area contributed by atoms with Gasteiger partial charge in [0.05, 0.1) is 12.7 Å². The molecule has 1 unspecified atom stereocenters. The van der Waals surface area contributed by atoms with E-state index in [0.717, 1.165) is 18.6 Å². The number of likely N-dealkylation sites (N-methyl/N-ethyl adjacent to an activating group) is 1. The van der Waals surface area contributed by atoms with Crippen LogP contribution in [0.4, 0.5) is 18.9 Å². The smallest absolute Gasteiger partial charge is 0.280 e. The fourth-order valence-electron chi connectivity index (χ4n) is 3.55. The van der Waals surface area contributed by atoms with Crippen molar-refractivity contribution in [2.45, 2.75) is 33.2 Å². The SMILES string of the molecule is C[C@H]1C[C@H](C)CN(C(=O)[C@@H](C)[NH+](C)CC(=O)Nc2ccc(F)c(F)c2F)C1. The van der Waals surface area contributed by atoms with E-state index >= 15 is 0 Å². The zero-order chi connectivity index (χ0) is 20.3. The number of nitrogens with zero attached hydrogens (tertiary/aromatic N) is 1. The zero-order valence-electron chi connectivity index (χ0n) is 16.1. The standard InChI is InChI=1S/C19H26F3N3O2/c1-11-7-12(2)9-25(8-11)19(27)13(3)24(4)10-16(26)23-15-6-5-14(20)17(21)18(15)22/h5-6,11-13H,7-10H2,1-4H3,(H,23,26)/p+1/t11-,12-,13+/m0/s1. The fourth-order valence-corrected chi connectivity index (χ4v) is 3.55. The maximum absolute atomic E-state index is 13.7. The second-order valence-electron chi connectivity index (χ2n) is 7.71. The van der Waals surface area contributed by atoms with E-state index in [1.165, 1.54) is 0 Å². The number of halogens is 3. The van der Waals surface area contributed by atoms with E-state index in [1.54, 1.807) is 14.0 Å². The predicted molar refractivity (Wildman–Crippen MR) is 95.7 cm³/mol. The van der Waals surface area contributed by atoms with Crippen molar-refractivity contribution in [3.05, 3.63) is 29.6 Å². The number of nitrogens with one attached hydrogen (secondary N) is 2. The molecule has 0 radical (unpaired) electrons. The third-order valence-electron chi connectivity index (χ3n) is 5.04. The van der Waals surface area contributed by atoms with Crippen molar-refractivity contribution in [1.82, 2.24) is 4.90 Å². The lowest BCUT2D eigenvalue weighted by molar-refractivity contribution is -0.886. The Labute approximate surface area is 157 Å². The summed E-state index contributed by atoms with van der Waals surface area (Å²) in [6.07, 6.45) is 1.09. The van der Waals surface area contributed by atoms with Gasteiger partial charge in [0, 0.05) is 13.1 Å². The van der Waals surface area contributed by atoms with Crippen molar-refractivity contribution in [1.29, 1.82) is 0 Å². The van der Waals surface area contributed by atoms with Crippen molar-refractivity contribution in [3.63, 3.8) is 0 Å². The summed E-state index contributed by atoms with van der Waals surface area (Å²) in [6, 6.07) is 1.25. The van der Waals surface area contributed by atoms with Crippen LogP contribution in [-0.2, 0) is 9.59 Å². The molecule has 150 valence electrons. The highest BCUT2D eigenvalue weighted by molar-refractivity contribution is 5.91. The van der Waals surface area contributed by atoms with Crippen molar-refractivity contribution in [3.8, 4) is 0 Å². The molecule has 1 aliphatic heterocycles. The van der Waals surface area contributed by atoms with E-state index in [1.807, 2.05) is 4.90 Å². The van der Waals surface area contributed by atoms with Crippen LogP contribution in [0.2, 0.25) is 0 Å². The Morgan fingerprint density at radius 1 is 1.19 bits per heavy atom. The summed E-state index contributed by atoms with van der Waals surface area (Å²) in [5, 5.41) is 2.23. The highest BCUT2D eigenvalue weighted by Gasteiger charge is 2.32. The van der Waals surface area contributed by atoms with Crippen LogP contribution in [0.25, 0.3) is 0 Å². The lowest BCUT2D eigenvalue weighted by Crippen LogP contribution is -3.15. The Kier molecular flexibility index (Phi) is 6.86. The molecule has 0 saturated carbocycles. The first-order chi connectivity index (χ1) is 12.6. The highest BCUT2D eigenvalue weighted by Crippen LogP contribution is 2.21. The molecule has 0 aliphatic carbocycles. The molecule has 0 spiro atoms. The van der Waals surface area contributed by atoms with E-state index in [9.17, 15) is 22.8 Å². The van der Waals surface area contributed by atoms with Gasteiger partial charge in [-0.25, -0.2) is 13.2 Å². The minimum absolute atomic E-state index is 0.0299. The van der Waals surface area contributed by atoms with Crippen LogP contribution in [0.1, 0.15) is 27.2 Å². The van der Waals surface area contributed by atoms with Gasteiger partial charge in [-0.3, -0.25) is 9.59 Å². The van der Waals surface area contributed by atoms with Gasteiger partial charge in [0.15, 0.2) is 30.0 Å². The quantitative estimate of drug-likeness (QED) is 0.753. The summed E-state index contributed by atoms with van der Waals surface area (Å²) in [6.45, 7) is 7.26. The molecule has 2 rings (SSSR count). The van der Waals surface area contributed by atoms with Gasteiger partial charge < -0.3 is 15.1 Å². The molecule has 1 saturated heterocycles. The summed E-state index contributed by atoms with van der Waals surface area (Å²) in [5.74, 6) is -4.14. The van der Waals surface area contributed by atoms with Gasteiger partial charge in [-0.1, -0.05) is 13.8 Å². The second kappa shape index (κ2) is 8.73. The van der Waals surface area contributed by atoms with Crippen LogP contribution < -0.4 is 10.2 Å². The predicted octanol–water partition coefficient (Wildman–Crippen LogP) is 1.45. The molecule has 0 bridgehead atoms. The molecule has 4 atom stereocenters. The largest absolute Gasteiger partial charge is 0.337 e. The van der Waals surface area contributed by atoms with Gasteiger partial charge in [0.2, 0.25) is 0 Å². The van der Waals surface area contributed by atoms with Crippen molar-refractivity contribution >= 4 is 17.5 Å². The molecule has 1 fully saturated rings. The third kappa shape index (κ3) is 5.22. The van der Waals surface area contributed by atoms with Gasteiger partial charge in [-0.05, 0) is 37.3 Å². The average molecular weight is 386 g/mol. The lowest BCUT2D eigenvalue weighted by atomic mass is 9.91. The van der Waals surface area contributed by atoms with Crippen LogP contribution in [0.5, 0.6) is 0 Å². The second-order valence-corrected chi connectivity index (χ2v) is 7.71. The molecule has 1 aromatic rings. The summed E-state index contributed by atoms with van der Waals surface area (Å²) >= 11 is 0. The summed E-state index contributed by atoms with van der Waals surface area (Å²) < 4.78 is 39.9. The maximum Gasteiger partial charge on any atom is 0.280 e. The number of rotatable bonds is 5. The molecule has 1 aromatic carbocycles. The Morgan fingerprint density at radius 2 is 1.78 bits per heavy atom. The fraction of sp³-hybridized carbons (Fsp3) is 0.579. The van der Waals surface area contributed by atoms with Crippen molar-refractivity contribution < 1.29 is 27.7 Å². The van der Waals surface area contributed by atoms with E-state index in [-0.39, 0.29) is 12.5 Å². The average Bonchev–Trinajstić information content (AvgIpc) is 2.60. The van der Waals surface area contributed by atoms with Crippen LogP contribution in [0.3, 0.4) is 0 Å². The Hall–Kier alpha value is -2.09. The summed E-state index contributed by atoms with van der Waals surface area (Å²) in [7, 11) is 1.69. The van der Waals surface area contributed by atoms with Crippen molar-refractivity contribution in [2.75, 3.05) is 32.0 Å². The van der Waals surface area contributed by atoms with Crippen LogP contribution in [0, 0.1) is 29.3 Å². The first kappa shape index (κ1) is 21.2. The number of anilines is 1. The van der Waals surface area contributed by atoms with Crippen molar-refractivity contribution in [2.24, 2.45) is 11.8 Å². The Bertz CT molecular complexity index is 704. The van der Waals surface area contributed by atoms with Gasteiger partial charge in [0.1, 0.15) is 0 Å². The number of hydrogen-bond donors (Lipinski definition) is 2. The molecular formula is C19H27F3N3O2+. The summed E-state index contributed by atoms with van der Waals surface area (Å²) in [4.78, 5) is 27.3. The van der Waals surface area contributed by atoms with Crippen LogP contribution >= 0.6 is 0 Å². The monoisotopic (exact) mass is 386 g/mol. The molecule has 1 heterocycles. The first-order valence-corrected chi connectivity index (χ1v) is 9.14. The zero-order valence-corrected chi connectivity index (χ0v) is 16.1. The molecule has 0 aromatic heterocycles. The summed E-state index contributed by atoms with van der Waals surface area (Å²) in [5.41, 5.74) is -0.427. The lowest BCUT2D eigenvalue weighted by Gasteiger charge is -2.36. The molecule has 1 aliphatic rings. The highest BCUT2D eigenvalue weighted by atomic mass is 19.2. The molecule has 2 N–H and O–H groups in total. The number of likely N-dealkylation sites (tertiary alicyclic amines) is 1. The number of piperidine rings is 1. The number of benzene rings is 1. The third-order valence-corrected chi connectivity index (χ3v) is 5.04.